The van der Waals surface area contributed by atoms with Gasteiger partial charge in [-0.2, -0.15) is 9.78 Å². The van der Waals surface area contributed by atoms with Gasteiger partial charge in [0.05, 0.1) is 35.4 Å². The molecule has 0 radical (unpaired) electrons. The van der Waals surface area contributed by atoms with Gasteiger partial charge in [-0.15, -0.1) is 11.3 Å². The van der Waals surface area contributed by atoms with Gasteiger partial charge in [-0.1, -0.05) is 0 Å². The maximum atomic E-state index is 13.1. The van der Waals surface area contributed by atoms with Crippen molar-refractivity contribution in [1.82, 2.24) is 25.1 Å². The zero-order chi connectivity index (χ0) is 22.9. The number of amides is 1. The van der Waals surface area contributed by atoms with Crippen molar-refractivity contribution < 1.29 is 14.3 Å². The molecule has 0 spiro atoms. The van der Waals surface area contributed by atoms with Gasteiger partial charge in [0.25, 0.3) is 11.9 Å². The lowest BCUT2D eigenvalue weighted by Crippen LogP contribution is -2.45. The first-order chi connectivity index (χ1) is 15.3. The standard InChI is InChI=1S/C23H29N5O3S/c1-14-10-17(15(2)32-14)19-6-8-24-22(27-19)28-20(13-30-5)18(12-25-28)21(29)26-16-7-9-31-23(3,4)11-16/h6,8,10,12,16H,7,9,11,13H2,1-5H3,(H,26,29)/t16-/m0/s1. The smallest absolute Gasteiger partial charge is 0.255 e. The van der Waals surface area contributed by atoms with Crippen molar-refractivity contribution in [2.75, 3.05) is 13.7 Å². The zero-order valence-electron chi connectivity index (χ0n) is 19.1. The number of carbonyl (C=O) groups is 1. The van der Waals surface area contributed by atoms with E-state index < -0.39 is 0 Å². The Labute approximate surface area is 192 Å². The third kappa shape index (κ3) is 4.74. The van der Waals surface area contributed by atoms with Crippen molar-refractivity contribution >= 4 is 17.2 Å². The topological polar surface area (TPSA) is 91.2 Å². The Morgan fingerprint density at radius 1 is 1.41 bits per heavy atom. The van der Waals surface area contributed by atoms with Crippen LogP contribution in [0.25, 0.3) is 17.2 Å². The molecule has 1 aliphatic rings. The summed E-state index contributed by atoms with van der Waals surface area (Å²) < 4.78 is 12.7. The Morgan fingerprint density at radius 3 is 2.91 bits per heavy atom. The molecule has 4 rings (SSSR count). The second-order valence-electron chi connectivity index (χ2n) is 8.69. The van der Waals surface area contributed by atoms with Crippen LogP contribution in [0.3, 0.4) is 0 Å². The van der Waals surface area contributed by atoms with Crippen LogP contribution in [0.1, 0.15) is 52.5 Å². The van der Waals surface area contributed by atoms with Gasteiger partial charge in [-0.05, 0) is 52.7 Å². The van der Waals surface area contributed by atoms with Gasteiger partial charge in [0.15, 0.2) is 0 Å². The molecule has 1 saturated heterocycles. The molecule has 3 aromatic heterocycles. The molecule has 9 heteroatoms. The molecule has 32 heavy (non-hydrogen) atoms. The summed E-state index contributed by atoms with van der Waals surface area (Å²) in [4.78, 5) is 24.7. The second-order valence-corrected chi connectivity index (χ2v) is 10.2. The maximum Gasteiger partial charge on any atom is 0.255 e. The number of thiophene rings is 1. The highest BCUT2D eigenvalue weighted by atomic mass is 32.1. The van der Waals surface area contributed by atoms with Gasteiger partial charge in [0.1, 0.15) is 0 Å². The normalized spacial score (nSPS) is 18.0. The van der Waals surface area contributed by atoms with Crippen LogP contribution in [0, 0.1) is 13.8 Å². The Kier molecular flexibility index (Phi) is 6.41. The molecule has 170 valence electrons. The van der Waals surface area contributed by atoms with Gasteiger partial charge in [-0.3, -0.25) is 4.79 Å². The Morgan fingerprint density at radius 2 is 2.22 bits per heavy atom. The fraction of sp³-hybridized carbons (Fsp3) is 0.478. The number of carbonyl (C=O) groups excluding carboxylic acids is 1. The summed E-state index contributed by atoms with van der Waals surface area (Å²) in [5.41, 5.74) is 2.74. The van der Waals surface area contributed by atoms with E-state index in [0.29, 0.717) is 23.8 Å². The van der Waals surface area contributed by atoms with E-state index in [4.69, 9.17) is 14.5 Å². The SMILES string of the molecule is COCc1c(C(=O)N[C@H]2CCOC(C)(C)C2)cnn1-c1nccc(-c2cc(C)sc2C)n1. The highest BCUT2D eigenvalue weighted by molar-refractivity contribution is 7.12. The zero-order valence-corrected chi connectivity index (χ0v) is 20.0. The Balaban J connectivity index is 1.63. The summed E-state index contributed by atoms with van der Waals surface area (Å²) in [6.45, 7) is 9.09. The van der Waals surface area contributed by atoms with Crippen molar-refractivity contribution in [3.8, 4) is 17.2 Å². The molecule has 1 N–H and O–H groups in total. The van der Waals surface area contributed by atoms with Crippen LogP contribution in [0.2, 0.25) is 0 Å². The number of nitrogens with one attached hydrogen (secondary N) is 1. The number of aryl methyl sites for hydroxylation is 2. The van der Waals surface area contributed by atoms with E-state index in [1.807, 2.05) is 19.9 Å². The number of aromatic nitrogens is 4. The van der Waals surface area contributed by atoms with Crippen molar-refractivity contribution in [3.05, 3.63) is 45.5 Å². The van der Waals surface area contributed by atoms with Crippen molar-refractivity contribution in [2.24, 2.45) is 0 Å². The van der Waals surface area contributed by atoms with E-state index in [1.165, 1.54) is 9.75 Å². The molecule has 0 aliphatic carbocycles. The number of hydrogen-bond acceptors (Lipinski definition) is 7. The third-order valence-corrected chi connectivity index (χ3v) is 6.54. The van der Waals surface area contributed by atoms with Gasteiger partial charge >= 0.3 is 0 Å². The molecule has 0 bridgehead atoms. The summed E-state index contributed by atoms with van der Waals surface area (Å²) in [5.74, 6) is 0.232. The minimum absolute atomic E-state index is 0.0504. The molecule has 1 aliphatic heterocycles. The molecule has 1 amide bonds. The fourth-order valence-corrected chi connectivity index (χ4v) is 5.05. The van der Waals surface area contributed by atoms with E-state index in [1.54, 1.807) is 35.5 Å². The van der Waals surface area contributed by atoms with Crippen LogP contribution in [-0.2, 0) is 16.1 Å². The fourth-order valence-electron chi connectivity index (χ4n) is 4.12. The molecular formula is C23H29N5O3S. The lowest BCUT2D eigenvalue weighted by Gasteiger charge is -2.35. The minimum Gasteiger partial charge on any atom is -0.378 e. The van der Waals surface area contributed by atoms with Crippen LogP contribution < -0.4 is 5.32 Å². The Hall–Kier alpha value is -2.62. The maximum absolute atomic E-state index is 13.1. The predicted octanol–water partition coefficient (Wildman–Crippen LogP) is 3.84. The number of nitrogens with zero attached hydrogens (tertiary/aromatic N) is 4. The summed E-state index contributed by atoms with van der Waals surface area (Å²) >= 11 is 1.74. The van der Waals surface area contributed by atoms with E-state index >= 15 is 0 Å². The van der Waals surface area contributed by atoms with Crippen LogP contribution >= 0.6 is 11.3 Å². The number of ether oxygens (including phenoxy) is 2. The molecule has 0 saturated carbocycles. The second kappa shape index (κ2) is 9.09. The van der Waals surface area contributed by atoms with Gasteiger partial charge in [0, 0.05) is 41.3 Å². The van der Waals surface area contributed by atoms with E-state index in [9.17, 15) is 4.79 Å². The summed E-state index contributed by atoms with van der Waals surface area (Å²) in [6.07, 6.45) is 4.82. The lowest BCUT2D eigenvalue weighted by molar-refractivity contribution is -0.0615. The molecule has 0 aromatic carbocycles. The van der Waals surface area contributed by atoms with Gasteiger partial charge < -0.3 is 14.8 Å². The molecule has 3 aromatic rings. The average molecular weight is 456 g/mol. The average Bonchev–Trinajstić information content (AvgIpc) is 3.30. The van der Waals surface area contributed by atoms with Crippen molar-refractivity contribution in [2.45, 2.75) is 58.8 Å². The van der Waals surface area contributed by atoms with Crippen molar-refractivity contribution in [3.63, 3.8) is 0 Å². The minimum atomic E-state index is -0.248. The van der Waals surface area contributed by atoms with E-state index in [-0.39, 0.29) is 24.2 Å². The number of rotatable bonds is 6. The highest BCUT2D eigenvalue weighted by Crippen LogP contribution is 2.29. The summed E-state index contributed by atoms with van der Waals surface area (Å²) in [6, 6.07) is 4.06. The largest absolute Gasteiger partial charge is 0.378 e. The number of methoxy groups -OCH3 is 1. The molecule has 1 fully saturated rings. The first-order valence-electron chi connectivity index (χ1n) is 10.7. The van der Waals surface area contributed by atoms with E-state index in [2.05, 4.69) is 35.3 Å². The Bertz CT molecular complexity index is 1120. The van der Waals surface area contributed by atoms with Gasteiger partial charge in [-0.25, -0.2) is 9.97 Å². The molecular weight excluding hydrogens is 426 g/mol. The van der Waals surface area contributed by atoms with Gasteiger partial charge in [0.2, 0.25) is 0 Å². The highest BCUT2D eigenvalue weighted by Gasteiger charge is 2.31. The summed E-state index contributed by atoms with van der Waals surface area (Å²) in [7, 11) is 1.59. The molecule has 4 heterocycles. The predicted molar refractivity (Wildman–Crippen MR) is 123 cm³/mol. The summed E-state index contributed by atoms with van der Waals surface area (Å²) in [5, 5.41) is 7.57. The quantitative estimate of drug-likeness (QED) is 0.607. The molecule has 8 nitrogen and oxygen atoms in total. The van der Waals surface area contributed by atoms with Crippen molar-refractivity contribution in [1.29, 1.82) is 0 Å². The first-order valence-corrected chi connectivity index (χ1v) is 11.5. The van der Waals surface area contributed by atoms with Crippen LogP contribution in [0.4, 0.5) is 0 Å². The third-order valence-electron chi connectivity index (χ3n) is 5.58. The first kappa shape index (κ1) is 22.6. The molecule has 0 unspecified atom stereocenters. The number of hydrogen-bond donors (Lipinski definition) is 1. The van der Waals surface area contributed by atoms with Crippen LogP contribution in [0.15, 0.2) is 24.5 Å². The lowest BCUT2D eigenvalue weighted by atomic mass is 9.94. The van der Waals surface area contributed by atoms with Crippen LogP contribution in [0.5, 0.6) is 0 Å². The van der Waals surface area contributed by atoms with Crippen LogP contribution in [-0.4, -0.2) is 51.0 Å². The molecule has 1 atom stereocenters. The van der Waals surface area contributed by atoms with E-state index in [0.717, 1.165) is 24.1 Å². The monoisotopic (exact) mass is 455 g/mol.